The van der Waals surface area contributed by atoms with Crippen molar-refractivity contribution in [1.29, 1.82) is 0 Å². The fourth-order valence-corrected chi connectivity index (χ4v) is 3.10. The number of aromatic nitrogens is 2. The monoisotopic (exact) mass is 525 g/mol. The maximum Gasteiger partial charge on any atom is 0.203 e. The Balaban J connectivity index is 0.00000320. The van der Waals surface area contributed by atoms with Gasteiger partial charge in [-0.3, -0.25) is 4.99 Å². The lowest BCUT2D eigenvalue weighted by Crippen LogP contribution is -2.32. The van der Waals surface area contributed by atoms with Crippen LogP contribution in [0, 0.1) is 6.92 Å². The summed E-state index contributed by atoms with van der Waals surface area (Å²) in [6.45, 7) is 2.75. The summed E-state index contributed by atoms with van der Waals surface area (Å²) in [7, 11) is 6.48. The highest BCUT2D eigenvalue weighted by Crippen LogP contribution is 2.39. The summed E-state index contributed by atoms with van der Waals surface area (Å²) >= 11 is 0. The third-order valence-corrected chi connectivity index (χ3v) is 4.55. The molecule has 0 radical (unpaired) electrons. The number of benzene rings is 1. The van der Waals surface area contributed by atoms with Crippen molar-refractivity contribution in [3.8, 4) is 17.2 Å². The number of aliphatic imine (C=N–C) groups is 1. The molecule has 0 aliphatic rings. The highest BCUT2D eigenvalue weighted by atomic mass is 127. The second-order valence-corrected chi connectivity index (χ2v) is 6.44. The van der Waals surface area contributed by atoms with Crippen molar-refractivity contribution in [1.82, 2.24) is 14.7 Å². The van der Waals surface area contributed by atoms with Crippen LogP contribution in [0.25, 0.3) is 5.65 Å². The van der Waals surface area contributed by atoms with Crippen LogP contribution in [0.5, 0.6) is 17.2 Å². The molecule has 0 atom stereocenters. The van der Waals surface area contributed by atoms with E-state index in [9.17, 15) is 0 Å². The molecule has 0 saturated carbocycles. The first kappa shape index (κ1) is 23.6. The van der Waals surface area contributed by atoms with Crippen molar-refractivity contribution in [3.63, 3.8) is 0 Å². The van der Waals surface area contributed by atoms with E-state index >= 15 is 0 Å². The van der Waals surface area contributed by atoms with Crippen LogP contribution in [-0.4, -0.2) is 50.3 Å². The average molecular weight is 525 g/mol. The highest BCUT2D eigenvalue weighted by Gasteiger charge is 2.14. The first-order valence-electron chi connectivity index (χ1n) is 9.30. The zero-order valence-electron chi connectivity index (χ0n) is 17.9. The fraction of sp³-hybridized carbons (Fsp3) is 0.333. The van der Waals surface area contributed by atoms with E-state index in [1.165, 1.54) is 0 Å². The Labute approximate surface area is 193 Å². The molecule has 0 aliphatic carbocycles. The number of imidazole rings is 1. The van der Waals surface area contributed by atoms with Crippen molar-refractivity contribution in [2.75, 3.05) is 40.2 Å². The molecule has 9 heteroatoms. The molecule has 3 aromatic rings. The molecule has 0 fully saturated rings. The van der Waals surface area contributed by atoms with E-state index in [4.69, 9.17) is 19.2 Å². The lowest BCUT2D eigenvalue weighted by molar-refractivity contribution is 0.324. The lowest BCUT2D eigenvalue weighted by Gasteiger charge is -2.16. The molecule has 30 heavy (non-hydrogen) atoms. The second-order valence-electron chi connectivity index (χ2n) is 6.44. The number of hydrogen-bond donors (Lipinski definition) is 2. The van der Waals surface area contributed by atoms with Crippen LogP contribution in [-0.2, 0) is 6.42 Å². The average Bonchev–Trinajstić information content (AvgIpc) is 3.16. The SMILES string of the molecule is CN=C(NCCc1cn2cccc(C)c2n1)Nc1cc(OC)c(OC)c(OC)c1.I. The van der Waals surface area contributed by atoms with E-state index in [1.807, 2.05) is 28.8 Å². The molecule has 2 N–H and O–H groups in total. The molecule has 0 unspecified atom stereocenters. The largest absolute Gasteiger partial charge is 0.493 e. The fourth-order valence-electron chi connectivity index (χ4n) is 3.10. The van der Waals surface area contributed by atoms with Crippen molar-refractivity contribution in [3.05, 3.63) is 47.9 Å². The van der Waals surface area contributed by atoms with Crippen LogP contribution in [0.1, 0.15) is 11.3 Å². The Hall–Kier alpha value is -2.69. The van der Waals surface area contributed by atoms with Crippen molar-refractivity contribution in [2.45, 2.75) is 13.3 Å². The topological polar surface area (TPSA) is 81.4 Å². The number of nitrogens with zero attached hydrogens (tertiary/aromatic N) is 3. The van der Waals surface area contributed by atoms with E-state index < -0.39 is 0 Å². The van der Waals surface area contributed by atoms with E-state index in [1.54, 1.807) is 28.4 Å². The quantitative estimate of drug-likeness (QED) is 0.279. The summed E-state index contributed by atoms with van der Waals surface area (Å²) in [5.41, 5.74) is 3.94. The maximum absolute atomic E-state index is 5.40. The third kappa shape index (κ3) is 5.26. The molecule has 162 valence electrons. The van der Waals surface area contributed by atoms with Gasteiger partial charge in [0.1, 0.15) is 5.65 Å². The Morgan fingerprint density at radius 2 is 1.83 bits per heavy atom. The first-order chi connectivity index (χ1) is 14.1. The maximum atomic E-state index is 5.40. The molecule has 1 aromatic carbocycles. The summed E-state index contributed by atoms with van der Waals surface area (Å²) in [5.74, 6) is 2.33. The lowest BCUT2D eigenvalue weighted by atomic mass is 10.2. The number of nitrogens with one attached hydrogen (secondary N) is 2. The molecule has 0 spiro atoms. The molecular weight excluding hydrogens is 497 g/mol. The van der Waals surface area contributed by atoms with Gasteiger partial charge in [0.2, 0.25) is 5.75 Å². The number of anilines is 1. The van der Waals surface area contributed by atoms with Crippen LogP contribution in [0.15, 0.2) is 41.7 Å². The Kier molecular flexibility index (Phi) is 8.58. The minimum Gasteiger partial charge on any atom is -0.493 e. The second kappa shape index (κ2) is 10.9. The van der Waals surface area contributed by atoms with Crippen LogP contribution >= 0.6 is 24.0 Å². The first-order valence-corrected chi connectivity index (χ1v) is 9.30. The molecule has 0 saturated heterocycles. The number of guanidine groups is 1. The van der Waals surface area contributed by atoms with Gasteiger partial charge in [-0.25, -0.2) is 4.98 Å². The van der Waals surface area contributed by atoms with E-state index in [-0.39, 0.29) is 24.0 Å². The molecule has 0 aliphatic heterocycles. The van der Waals surface area contributed by atoms with E-state index in [0.29, 0.717) is 29.8 Å². The van der Waals surface area contributed by atoms with Gasteiger partial charge in [-0.1, -0.05) is 6.07 Å². The number of rotatable bonds is 7. The Bertz CT molecular complexity index is 994. The number of ether oxygens (including phenoxy) is 3. The number of methoxy groups -OCH3 is 3. The third-order valence-electron chi connectivity index (χ3n) is 4.55. The zero-order chi connectivity index (χ0) is 20.8. The Morgan fingerprint density at radius 3 is 2.40 bits per heavy atom. The molecule has 2 aromatic heterocycles. The van der Waals surface area contributed by atoms with Crippen molar-refractivity contribution in [2.24, 2.45) is 4.99 Å². The van der Waals surface area contributed by atoms with Crippen molar-refractivity contribution >= 4 is 41.3 Å². The number of fused-ring (bicyclic) bond motifs is 1. The highest BCUT2D eigenvalue weighted by molar-refractivity contribution is 14.0. The van der Waals surface area contributed by atoms with Gasteiger partial charge < -0.3 is 29.2 Å². The minimum absolute atomic E-state index is 0. The normalized spacial score (nSPS) is 11.0. The number of hydrogen-bond acceptors (Lipinski definition) is 5. The molecule has 0 bridgehead atoms. The van der Waals surface area contributed by atoms with E-state index in [0.717, 1.165) is 29.0 Å². The summed E-state index contributed by atoms with van der Waals surface area (Å²) in [6.07, 6.45) is 4.84. The van der Waals surface area contributed by atoms with Crippen LogP contribution < -0.4 is 24.8 Å². The predicted molar refractivity (Wildman–Crippen MR) is 130 cm³/mol. The van der Waals surface area contributed by atoms with Crippen LogP contribution in [0.3, 0.4) is 0 Å². The number of pyridine rings is 1. The summed E-state index contributed by atoms with van der Waals surface area (Å²) in [6, 6.07) is 7.75. The molecular formula is C21H28IN5O3. The van der Waals surface area contributed by atoms with Crippen molar-refractivity contribution < 1.29 is 14.2 Å². The van der Waals surface area contributed by atoms with Gasteiger partial charge >= 0.3 is 0 Å². The zero-order valence-corrected chi connectivity index (χ0v) is 20.2. The van der Waals surface area contributed by atoms with Crippen LogP contribution in [0.2, 0.25) is 0 Å². The summed E-state index contributed by atoms with van der Waals surface area (Å²) in [5, 5.41) is 6.55. The van der Waals surface area contributed by atoms with Gasteiger partial charge in [0.15, 0.2) is 17.5 Å². The number of halogens is 1. The Morgan fingerprint density at radius 1 is 1.13 bits per heavy atom. The van der Waals surface area contributed by atoms with Gasteiger partial charge in [-0.2, -0.15) is 0 Å². The molecule has 3 rings (SSSR count). The summed E-state index contributed by atoms with van der Waals surface area (Å²) in [4.78, 5) is 8.98. The van der Waals surface area contributed by atoms with Gasteiger partial charge in [0.05, 0.1) is 27.0 Å². The molecule has 0 amide bonds. The van der Waals surface area contributed by atoms with Gasteiger partial charge in [-0.05, 0) is 18.6 Å². The van der Waals surface area contributed by atoms with Gasteiger partial charge in [0.25, 0.3) is 0 Å². The molecule has 8 nitrogen and oxygen atoms in total. The standard InChI is InChI=1S/C21H27N5O3.HI/c1-14-7-6-10-26-13-15(24-20(14)26)8-9-23-21(22-2)25-16-11-17(27-3)19(29-5)18(12-16)28-4;/h6-7,10-13H,8-9H2,1-5H3,(H2,22,23,25);1H. The minimum atomic E-state index is 0. The van der Waals surface area contributed by atoms with E-state index in [2.05, 4.69) is 34.8 Å². The smallest absolute Gasteiger partial charge is 0.203 e. The van der Waals surface area contributed by atoms with Gasteiger partial charge in [-0.15, -0.1) is 24.0 Å². The van der Waals surface area contributed by atoms with Crippen LogP contribution in [0.4, 0.5) is 5.69 Å². The number of aryl methyl sites for hydroxylation is 1. The molecule has 2 heterocycles. The summed E-state index contributed by atoms with van der Waals surface area (Å²) < 4.78 is 18.2. The van der Waals surface area contributed by atoms with Gasteiger partial charge in [0, 0.05) is 50.2 Å². The predicted octanol–water partition coefficient (Wildman–Crippen LogP) is 3.52.